The normalized spacial score (nSPS) is 16.3. The molecule has 5 heteroatoms. The second kappa shape index (κ2) is 5.96. The van der Waals surface area contributed by atoms with Crippen molar-refractivity contribution in [2.24, 2.45) is 0 Å². The average Bonchev–Trinajstić information content (AvgIpc) is 2.48. The Labute approximate surface area is 108 Å². The smallest absolute Gasteiger partial charge is 0.0953 e. The summed E-state index contributed by atoms with van der Waals surface area (Å²) in [6.45, 7) is 7.69. The first-order chi connectivity index (χ1) is 7.16. The van der Waals surface area contributed by atoms with Crippen LogP contribution in [0.25, 0.3) is 0 Å². The van der Waals surface area contributed by atoms with Crippen LogP contribution >= 0.6 is 23.7 Å². The molecule has 0 aromatic carbocycles. The molecule has 0 amide bonds. The van der Waals surface area contributed by atoms with Gasteiger partial charge in [-0.05, 0) is 7.05 Å². The lowest BCUT2D eigenvalue weighted by molar-refractivity contribution is 0.174. The van der Waals surface area contributed by atoms with Gasteiger partial charge in [-0.3, -0.25) is 4.90 Å². The van der Waals surface area contributed by atoms with Crippen molar-refractivity contribution in [3.8, 4) is 0 Å². The summed E-state index contributed by atoms with van der Waals surface area (Å²) in [6.07, 6.45) is 2.03. The second-order valence-electron chi connectivity index (χ2n) is 4.55. The minimum absolute atomic E-state index is 0. The van der Waals surface area contributed by atoms with Crippen LogP contribution in [0.15, 0.2) is 6.20 Å². The number of hydrogen-bond donors (Lipinski definition) is 1. The zero-order valence-corrected chi connectivity index (χ0v) is 11.7. The first-order valence-corrected chi connectivity index (χ1v) is 6.34. The second-order valence-corrected chi connectivity index (χ2v) is 5.69. The fourth-order valence-electron chi connectivity index (χ4n) is 1.62. The first-order valence-electron chi connectivity index (χ1n) is 5.52. The molecule has 3 nitrogen and oxygen atoms in total. The van der Waals surface area contributed by atoms with Gasteiger partial charge < -0.3 is 5.32 Å². The van der Waals surface area contributed by atoms with E-state index in [1.165, 1.54) is 9.88 Å². The number of nitrogens with zero attached hydrogens (tertiary/aromatic N) is 2. The van der Waals surface area contributed by atoms with Crippen molar-refractivity contribution in [3.63, 3.8) is 0 Å². The van der Waals surface area contributed by atoms with Crippen molar-refractivity contribution in [2.45, 2.75) is 32.4 Å². The van der Waals surface area contributed by atoms with E-state index < -0.39 is 0 Å². The van der Waals surface area contributed by atoms with Gasteiger partial charge in [0, 0.05) is 42.7 Å². The van der Waals surface area contributed by atoms with E-state index in [0.29, 0.717) is 5.92 Å². The Morgan fingerprint density at radius 1 is 1.56 bits per heavy atom. The summed E-state index contributed by atoms with van der Waals surface area (Å²) in [5.74, 6) is 0.555. The zero-order valence-electron chi connectivity index (χ0n) is 10.1. The van der Waals surface area contributed by atoms with Gasteiger partial charge in [0.25, 0.3) is 0 Å². The highest BCUT2D eigenvalue weighted by atomic mass is 35.5. The van der Waals surface area contributed by atoms with Crippen LogP contribution < -0.4 is 5.32 Å². The summed E-state index contributed by atoms with van der Waals surface area (Å²) < 4.78 is 0. The Kier molecular flexibility index (Phi) is 5.18. The lowest BCUT2D eigenvalue weighted by Crippen LogP contribution is -2.55. The molecular formula is C11H20ClN3S. The molecule has 2 rings (SSSR count). The Morgan fingerprint density at radius 3 is 2.69 bits per heavy atom. The van der Waals surface area contributed by atoms with Crippen molar-refractivity contribution in [3.05, 3.63) is 16.1 Å². The lowest BCUT2D eigenvalue weighted by Gasteiger charge is -2.35. The quantitative estimate of drug-likeness (QED) is 0.900. The minimum atomic E-state index is 0. The number of thiazole rings is 1. The maximum atomic E-state index is 4.45. The van der Waals surface area contributed by atoms with Crippen molar-refractivity contribution in [1.29, 1.82) is 0 Å². The van der Waals surface area contributed by atoms with Gasteiger partial charge in [-0.2, -0.15) is 0 Å². The van der Waals surface area contributed by atoms with E-state index in [4.69, 9.17) is 0 Å². The van der Waals surface area contributed by atoms with Crippen LogP contribution in [0.4, 0.5) is 0 Å². The molecule has 2 heterocycles. The fourth-order valence-corrected chi connectivity index (χ4v) is 2.61. The maximum absolute atomic E-state index is 4.45. The Balaban J connectivity index is 0.00000128. The van der Waals surface area contributed by atoms with Crippen LogP contribution in [-0.4, -0.2) is 36.1 Å². The van der Waals surface area contributed by atoms with Crippen LogP contribution in [0.1, 0.15) is 29.7 Å². The largest absolute Gasteiger partial charge is 0.314 e. The molecule has 1 aliphatic rings. The van der Waals surface area contributed by atoms with E-state index in [1.54, 1.807) is 0 Å². The molecule has 1 aliphatic heterocycles. The number of nitrogens with one attached hydrogen (secondary N) is 1. The van der Waals surface area contributed by atoms with E-state index in [0.717, 1.165) is 25.7 Å². The molecule has 1 N–H and O–H groups in total. The Morgan fingerprint density at radius 2 is 2.25 bits per heavy atom. The number of likely N-dealkylation sites (N-methyl/N-ethyl adjacent to an activating group) is 1. The summed E-state index contributed by atoms with van der Waals surface area (Å²) >= 11 is 1.85. The number of hydrogen-bond acceptors (Lipinski definition) is 4. The molecule has 0 spiro atoms. The van der Waals surface area contributed by atoms with Gasteiger partial charge in [0.1, 0.15) is 0 Å². The van der Waals surface area contributed by atoms with Crippen molar-refractivity contribution < 1.29 is 0 Å². The highest BCUT2D eigenvalue weighted by molar-refractivity contribution is 7.11. The van der Waals surface area contributed by atoms with Gasteiger partial charge in [0.2, 0.25) is 0 Å². The molecule has 1 aromatic heterocycles. The van der Waals surface area contributed by atoms with Crippen LogP contribution in [-0.2, 0) is 6.54 Å². The summed E-state index contributed by atoms with van der Waals surface area (Å²) in [4.78, 5) is 8.24. The van der Waals surface area contributed by atoms with Gasteiger partial charge >= 0.3 is 0 Å². The van der Waals surface area contributed by atoms with E-state index in [2.05, 4.69) is 36.1 Å². The SMILES string of the molecule is CC(C)c1ncc(CN(C)C2CNC2)s1.Cl. The van der Waals surface area contributed by atoms with Gasteiger partial charge in [-0.15, -0.1) is 23.7 Å². The summed E-state index contributed by atoms with van der Waals surface area (Å²) in [7, 11) is 2.19. The van der Waals surface area contributed by atoms with Crippen molar-refractivity contribution >= 4 is 23.7 Å². The van der Waals surface area contributed by atoms with Gasteiger partial charge in [-0.1, -0.05) is 13.8 Å². The fraction of sp³-hybridized carbons (Fsp3) is 0.727. The van der Waals surface area contributed by atoms with Crippen LogP contribution in [0.3, 0.4) is 0 Å². The molecular weight excluding hydrogens is 242 g/mol. The molecule has 0 radical (unpaired) electrons. The first kappa shape index (κ1) is 13.9. The molecule has 92 valence electrons. The van der Waals surface area contributed by atoms with Crippen LogP contribution in [0, 0.1) is 0 Å². The molecule has 16 heavy (non-hydrogen) atoms. The van der Waals surface area contributed by atoms with E-state index >= 15 is 0 Å². The lowest BCUT2D eigenvalue weighted by atomic mass is 10.1. The van der Waals surface area contributed by atoms with Crippen molar-refractivity contribution in [2.75, 3.05) is 20.1 Å². The predicted octanol–water partition coefficient (Wildman–Crippen LogP) is 2.09. The number of rotatable bonds is 4. The molecule has 0 saturated carbocycles. The molecule has 1 saturated heterocycles. The Hall–Kier alpha value is -0.160. The zero-order chi connectivity index (χ0) is 10.8. The van der Waals surface area contributed by atoms with Crippen LogP contribution in [0.2, 0.25) is 0 Å². The van der Waals surface area contributed by atoms with E-state index in [9.17, 15) is 0 Å². The van der Waals surface area contributed by atoms with Gasteiger partial charge in [0.05, 0.1) is 5.01 Å². The maximum Gasteiger partial charge on any atom is 0.0953 e. The molecule has 0 unspecified atom stereocenters. The predicted molar refractivity (Wildman–Crippen MR) is 71.6 cm³/mol. The number of aromatic nitrogens is 1. The third-order valence-electron chi connectivity index (χ3n) is 2.85. The summed E-state index contributed by atoms with van der Waals surface area (Å²) in [5.41, 5.74) is 0. The standard InChI is InChI=1S/C11H19N3S.ClH/c1-8(2)11-13-6-10(15-11)7-14(3)9-4-12-5-9;/h6,8-9,12H,4-5,7H2,1-3H3;1H. The molecule has 0 atom stereocenters. The van der Waals surface area contributed by atoms with E-state index in [-0.39, 0.29) is 12.4 Å². The summed E-state index contributed by atoms with van der Waals surface area (Å²) in [5, 5.41) is 4.55. The minimum Gasteiger partial charge on any atom is -0.314 e. The third kappa shape index (κ3) is 3.17. The summed E-state index contributed by atoms with van der Waals surface area (Å²) in [6, 6.07) is 0.717. The average molecular weight is 262 g/mol. The molecule has 0 aliphatic carbocycles. The topological polar surface area (TPSA) is 28.2 Å². The monoisotopic (exact) mass is 261 g/mol. The molecule has 1 fully saturated rings. The number of halogens is 1. The van der Waals surface area contributed by atoms with Gasteiger partial charge in [0.15, 0.2) is 0 Å². The Bertz CT molecular complexity index is 323. The van der Waals surface area contributed by atoms with Crippen LogP contribution in [0.5, 0.6) is 0 Å². The van der Waals surface area contributed by atoms with E-state index in [1.807, 2.05) is 17.5 Å². The molecule has 0 bridgehead atoms. The third-order valence-corrected chi connectivity index (χ3v) is 4.14. The highest BCUT2D eigenvalue weighted by Crippen LogP contribution is 2.22. The van der Waals surface area contributed by atoms with Crippen molar-refractivity contribution in [1.82, 2.24) is 15.2 Å². The van der Waals surface area contributed by atoms with Gasteiger partial charge in [-0.25, -0.2) is 4.98 Å². The molecule has 1 aromatic rings. The highest BCUT2D eigenvalue weighted by Gasteiger charge is 2.21.